The average Bonchev–Trinajstić information content (AvgIpc) is 2.91. The number of hydrazine groups is 1. The Hall–Kier alpha value is -3.12. The number of nitrogens with two attached hydrogens (primary N) is 1. The van der Waals surface area contributed by atoms with Gasteiger partial charge < -0.3 is 21.7 Å². The maximum absolute atomic E-state index is 13.5. The van der Waals surface area contributed by atoms with Crippen LogP contribution in [0.25, 0.3) is 0 Å². The SMILES string of the molecule is C#CCNC(=O)CCC(CCC(N)=O)(CCC(=O)NCC#C)NC(=O)C1CCC(ONN(C(C)C)C(C)C)CC1. The van der Waals surface area contributed by atoms with Crippen molar-refractivity contribution in [2.24, 2.45) is 11.7 Å². The second-order valence-electron chi connectivity index (χ2n) is 11.0. The molecule has 0 radical (unpaired) electrons. The van der Waals surface area contributed by atoms with Crippen LogP contribution in [-0.2, 0) is 24.0 Å². The predicted octanol–water partition coefficient (Wildman–Crippen LogP) is 1.28. The van der Waals surface area contributed by atoms with Crippen LogP contribution in [0.15, 0.2) is 0 Å². The Labute approximate surface area is 239 Å². The summed E-state index contributed by atoms with van der Waals surface area (Å²) in [4.78, 5) is 55.8. The molecule has 1 saturated carbocycles. The molecule has 0 aromatic rings. The van der Waals surface area contributed by atoms with Gasteiger partial charge in [-0.05, 0) is 72.6 Å². The fourth-order valence-electron chi connectivity index (χ4n) is 4.86. The summed E-state index contributed by atoms with van der Waals surface area (Å²) in [5, 5.41) is 10.4. The number of nitrogens with zero attached hydrogens (tertiary/aromatic N) is 1. The van der Waals surface area contributed by atoms with Crippen LogP contribution in [0, 0.1) is 30.6 Å². The third kappa shape index (κ3) is 13.3. The van der Waals surface area contributed by atoms with Gasteiger partial charge in [-0.3, -0.25) is 24.0 Å². The number of hydrogen-bond donors (Lipinski definition) is 5. The third-order valence-corrected chi connectivity index (χ3v) is 7.16. The number of rotatable bonds is 18. The molecule has 11 nitrogen and oxygen atoms in total. The molecule has 0 saturated heterocycles. The van der Waals surface area contributed by atoms with Gasteiger partial charge in [-0.15, -0.1) is 18.4 Å². The van der Waals surface area contributed by atoms with Crippen LogP contribution in [0.2, 0.25) is 0 Å². The number of amides is 4. The molecule has 4 amide bonds. The topological polar surface area (TPSA) is 155 Å². The van der Waals surface area contributed by atoms with E-state index < -0.39 is 11.4 Å². The fourth-order valence-corrected chi connectivity index (χ4v) is 4.86. The highest BCUT2D eigenvalue weighted by molar-refractivity contribution is 5.81. The maximum Gasteiger partial charge on any atom is 0.223 e. The number of terminal acetylenes is 2. The predicted molar refractivity (Wildman–Crippen MR) is 154 cm³/mol. The van der Waals surface area contributed by atoms with E-state index in [2.05, 4.69) is 61.1 Å². The van der Waals surface area contributed by atoms with Gasteiger partial charge >= 0.3 is 0 Å². The Kier molecular flexibility index (Phi) is 15.9. The van der Waals surface area contributed by atoms with Gasteiger partial charge in [0, 0.05) is 42.8 Å². The smallest absolute Gasteiger partial charge is 0.223 e. The van der Waals surface area contributed by atoms with E-state index in [1.807, 2.05) is 5.01 Å². The zero-order valence-corrected chi connectivity index (χ0v) is 24.5. The Morgan fingerprint density at radius 2 is 1.35 bits per heavy atom. The molecule has 224 valence electrons. The van der Waals surface area contributed by atoms with Gasteiger partial charge in [0.05, 0.1) is 19.2 Å². The summed E-state index contributed by atoms with van der Waals surface area (Å²) in [6, 6.07) is 0.524. The number of primary amides is 1. The molecule has 0 unspecified atom stereocenters. The van der Waals surface area contributed by atoms with Gasteiger partial charge in [-0.2, -0.15) is 0 Å². The van der Waals surface area contributed by atoms with Crippen molar-refractivity contribution in [3.8, 4) is 24.7 Å². The lowest BCUT2D eigenvalue weighted by Gasteiger charge is -2.38. The minimum Gasteiger partial charge on any atom is -0.370 e. The number of carbonyl (C=O) groups is 4. The zero-order chi connectivity index (χ0) is 30.1. The minimum atomic E-state index is -0.989. The monoisotopic (exact) mass is 560 g/mol. The van der Waals surface area contributed by atoms with Crippen LogP contribution in [0.1, 0.15) is 91.9 Å². The van der Waals surface area contributed by atoms with E-state index in [1.54, 1.807) is 0 Å². The van der Waals surface area contributed by atoms with E-state index in [0.717, 1.165) is 0 Å². The highest BCUT2D eigenvalue weighted by Crippen LogP contribution is 2.30. The molecule has 11 heteroatoms. The summed E-state index contributed by atoms with van der Waals surface area (Å²) in [6.45, 7) is 8.50. The van der Waals surface area contributed by atoms with Gasteiger partial charge in [-0.25, -0.2) is 5.01 Å². The summed E-state index contributed by atoms with van der Waals surface area (Å²) in [7, 11) is 0. The van der Waals surface area contributed by atoms with Crippen LogP contribution in [0.3, 0.4) is 0 Å². The second kappa shape index (κ2) is 18.3. The van der Waals surface area contributed by atoms with E-state index in [9.17, 15) is 19.2 Å². The standard InChI is InChI=1S/C29H48N6O5/c1-7-19-31-26(37)14-17-29(16-13-25(30)36,18-15-27(38)32-20-8-2)33-28(39)23-9-11-24(12-10-23)40-34-35(21(3)4)22(5)6/h1-2,21-24,34H,9-20H2,3-6H3,(H2,30,36)(H,31,37)(H,32,38)(H,33,39). The lowest BCUT2D eigenvalue weighted by atomic mass is 9.81. The number of carbonyl (C=O) groups excluding carboxylic acids is 4. The molecule has 0 atom stereocenters. The van der Waals surface area contributed by atoms with Crippen LogP contribution in [0.4, 0.5) is 0 Å². The van der Waals surface area contributed by atoms with Crippen molar-refractivity contribution in [2.75, 3.05) is 13.1 Å². The molecule has 0 aromatic carbocycles. The van der Waals surface area contributed by atoms with Crippen LogP contribution < -0.4 is 27.3 Å². The first-order valence-electron chi connectivity index (χ1n) is 14.1. The summed E-state index contributed by atoms with van der Waals surface area (Å²) < 4.78 is 0. The van der Waals surface area contributed by atoms with Gasteiger partial charge in [0.15, 0.2) is 0 Å². The minimum absolute atomic E-state index is 0.00726. The van der Waals surface area contributed by atoms with E-state index in [0.29, 0.717) is 25.7 Å². The van der Waals surface area contributed by atoms with Gasteiger partial charge in [-0.1, -0.05) is 11.8 Å². The average molecular weight is 561 g/mol. The molecule has 1 fully saturated rings. The van der Waals surface area contributed by atoms with E-state index in [-0.39, 0.29) is 93.4 Å². The molecular formula is C29H48N6O5. The Balaban J connectivity index is 2.93. The zero-order valence-electron chi connectivity index (χ0n) is 24.5. The molecule has 0 heterocycles. The highest BCUT2D eigenvalue weighted by Gasteiger charge is 2.36. The number of nitrogens with one attached hydrogen (secondary N) is 4. The Morgan fingerprint density at radius 1 is 0.875 bits per heavy atom. The van der Waals surface area contributed by atoms with Crippen molar-refractivity contribution in [3.63, 3.8) is 0 Å². The molecule has 6 N–H and O–H groups in total. The lowest BCUT2D eigenvalue weighted by molar-refractivity contribution is -0.157. The second-order valence-corrected chi connectivity index (χ2v) is 11.0. The van der Waals surface area contributed by atoms with Crippen molar-refractivity contribution in [1.29, 1.82) is 0 Å². The largest absolute Gasteiger partial charge is 0.370 e. The Morgan fingerprint density at radius 3 is 1.77 bits per heavy atom. The van der Waals surface area contributed by atoms with Crippen LogP contribution >= 0.6 is 0 Å². The maximum atomic E-state index is 13.5. The summed E-state index contributed by atoms with van der Waals surface area (Å²) in [5.74, 6) is 3.17. The Bertz CT molecular complexity index is 873. The van der Waals surface area contributed by atoms with Crippen molar-refractivity contribution < 1.29 is 24.0 Å². The van der Waals surface area contributed by atoms with Crippen molar-refractivity contribution in [1.82, 2.24) is 26.5 Å². The normalized spacial score (nSPS) is 17.2. The molecule has 0 spiro atoms. The first kappa shape index (κ1) is 34.9. The molecule has 0 aliphatic heterocycles. The third-order valence-electron chi connectivity index (χ3n) is 7.16. The van der Waals surface area contributed by atoms with Crippen molar-refractivity contribution >= 4 is 23.6 Å². The molecule has 1 rings (SSSR count). The highest BCUT2D eigenvalue weighted by atomic mass is 16.7. The van der Waals surface area contributed by atoms with E-state index in [1.165, 1.54) is 0 Å². The number of hydrogen-bond acceptors (Lipinski definition) is 7. The first-order valence-corrected chi connectivity index (χ1v) is 14.1. The quantitative estimate of drug-likeness (QED) is 0.125. The molecule has 40 heavy (non-hydrogen) atoms. The fraction of sp³-hybridized carbons (Fsp3) is 0.724. The molecule has 1 aliphatic rings. The molecule has 0 aromatic heterocycles. The summed E-state index contributed by atoms with van der Waals surface area (Å²) in [6.07, 6.45) is 13.8. The van der Waals surface area contributed by atoms with Crippen molar-refractivity contribution in [3.05, 3.63) is 0 Å². The van der Waals surface area contributed by atoms with Crippen LogP contribution in [0.5, 0.6) is 0 Å². The molecule has 0 bridgehead atoms. The van der Waals surface area contributed by atoms with Gasteiger partial charge in [0.2, 0.25) is 23.6 Å². The lowest BCUT2D eigenvalue weighted by Crippen LogP contribution is -2.53. The van der Waals surface area contributed by atoms with E-state index in [4.69, 9.17) is 23.4 Å². The summed E-state index contributed by atoms with van der Waals surface area (Å²) >= 11 is 0. The van der Waals surface area contributed by atoms with Gasteiger partial charge in [0.1, 0.15) is 0 Å². The molecular weight excluding hydrogens is 512 g/mol. The van der Waals surface area contributed by atoms with E-state index >= 15 is 0 Å². The van der Waals surface area contributed by atoms with Crippen LogP contribution in [-0.4, -0.2) is 65.5 Å². The van der Waals surface area contributed by atoms with Gasteiger partial charge in [0.25, 0.3) is 0 Å². The van der Waals surface area contributed by atoms with Crippen molar-refractivity contribution in [2.45, 2.75) is 116 Å². The summed E-state index contributed by atoms with van der Waals surface area (Å²) in [5.41, 5.74) is 7.52. The molecule has 1 aliphatic carbocycles. The first-order chi connectivity index (χ1) is 18.9.